The number of hydrogen-bond donors (Lipinski definition) is 0. The van der Waals surface area contributed by atoms with Crippen LogP contribution in [0, 0.1) is 0 Å². The van der Waals surface area contributed by atoms with Gasteiger partial charge in [0.25, 0.3) is 0 Å². The van der Waals surface area contributed by atoms with Crippen LogP contribution in [-0.2, 0) is 19.8 Å². The van der Waals surface area contributed by atoms with Crippen LogP contribution in [0.5, 0.6) is 0 Å². The minimum atomic E-state index is 0. The summed E-state index contributed by atoms with van der Waals surface area (Å²) < 4.78 is 8.06. The Kier molecular flexibility index (Phi) is 3560. The summed E-state index contributed by atoms with van der Waals surface area (Å²) in [5, 5.41) is 0. The van der Waals surface area contributed by atoms with Crippen molar-refractivity contribution >= 4 is 0 Å². The van der Waals surface area contributed by atoms with E-state index < -0.39 is 0 Å². The fourth-order valence-electron chi connectivity index (χ4n) is 0. The van der Waals surface area contributed by atoms with E-state index in [0.717, 1.165) is 0 Å². The van der Waals surface area contributed by atoms with E-state index in [1.54, 1.807) is 15.9 Å². The molecule has 0 spiro atoms. The van der Waals surface area contributed by atoms with E-state index in [0.29, 0.717) is 0 Å². The predicted octanol–water partition coefficient (Wildman–Crippen LogP) is 0.184. The van der Waals surface area contributed by atoms with Crippen molar-refractivity contribution in [2.45, 2.75) is 0 Å². The molecule has 4 heavy (non-hydrogen) atoms. The van der Waals surface area contributed by atoms with Crippen LogP contribution in [0.1, 0.15) is 0 Å². The quantitative estimate of drug-likeness (QED) is 0.407. The maximum atomic E-state index is 8.06. The second kappa shape index (κ2) is 469. The third kappa shape index (κ3) is 94.1. The van der Waals surface area contributed by atoms with Crippen molar-refractivity contribution < 1.29 is 29.2 Å². The fourth-order valence-corrected chi connectivity index (χ4v) is 0. The molecular weight excluding hydrogens is 109 g/mol. The third-order valence-corrected chi connectivity index (χ3v) is 0. The van der Waals surface area contributed by atoms with Gasteiger partial charge in [0.2, 0.25) is 0 Å². The van der Waals surface area contributed by atoms with Gasteiger partial charge >= 0.3 is 19.8 Å². The van der Waals surface area contributed by atoms with Crippen LogP contribution in [0.15, 0.2) is 0 Å². The normalized spacial score (nSPS) is 1.00. The van der Waals surface area contributed by atoms with Crippen molar-refractivity contribution in [1.82, 2.24) is 0 Å². The van der Waals surface area contributed by atoms with E-state index in [4.69, 9.17) is 3.83 Å². The zero-order valence-corrected chi connectivity index (χ0v) is 2.78. The summed E-state index contributed by atoms with van der Waals surface area (Å²) in [6.07, 6.45) is 0. The summed E-state index contributed by atoms with van der Waals surface area (Å²) in [5.41, 5.74) is 0. The number of rotatable bonds is 0. The summed E-state index contributed by atoms with van der Waals surface area (Å²) in [6.45, 7) is 0. The fraction of sp³-hybridized carbons (Fsp3) is 0. The van der Waals surface area contributed by atoms with Crippen LogP contribution in [0.4, 0.5) is 9.41 Å². The molecule has 0 heterocycles. The molecule has 0 rings (SSSR count). The van der Waals surface area contributed by atoms with Crippen LogP contribution in [0.3, 0.4) is 0 Å². The van der Waals surface area contributed by atoms with Gasteiger partial charge in [0, 0.05) is 0 Å². The Bertz CT molecular complexity index is 6.00. The average Bonchev–Trinajstić information content (AvgIpc) is 1.00. The van der Waals surface area contributed by atoms with E-state index in [1.807, 2.05) is 0 Å². The summed E-state index contributed by atoms with van der Waals surface area (Å²) in [6, 6.07) is 0. The molecule has 0 unspecified atom stereocenters. The minimum absolute atomic E-state index is 0. The van der Waals surface area contributed by atoms with Crippen molar-refractivity contribution in [3.05, 3.63) is 0 Å². The van der Waals surface area contributed by atoms with E-state index in [1.165, 1.54) is 0 Å². The zero-order valence-electron chi connectivity index (χ0n) is 1.60. The molecular formula is H2F2MnO. The first kappa shape index (κ1) is 30.4. The zero-order chi connectivity index (χ0) is 2.00. The van der Waals surface area contributed by atoms with Gasteiger partial charge in [-0.05, 0) is 0 Å². The topological polar surface area (TPSA) is 17.1 Å². The molecule has 1 nitrogen and oxygen atoms in total. The SMILES string of the molecule is F.F.[O]=[Mn]. The second-order valence-corrected chi connectivity index (χ2v) is 0. The molecule has 0 aliphatic heterocycles. The molecule has 29 valence electrons. The van der Waals surface area contributed by atoms with Gasteiger partial charge in [0.15, 0.2) is 0 Å². The van der Waals surface area contributed by atoms with Crippen LogP contribution < -0.4 is 0 Å². The molecule has 0 aromatic carbocycles. The number of hydrogen-bond acceptors (Lipinski definition) is 1. The van der Waals surface area contributed by atoms with Gasteiger partial charge in [0.1, 0.15) is 0 Å². The van der Waals surface area contributed by atoms with Crippen molar-refractivity contribution in [3.63, 3.8) is 0 Å². The molecule has 0 aromatic rings. The number of halogens is 2. The molecule has 0 radical (unpaired) electrons. The molecule has 0 saturated carbocycles. The van der Waals surface area contributed by atoms with Gasteiger partial charge in [0.05, 0.1) is 0 Å². The van der Waals surface area contributed by atoms with Crippen LogP contribution in [-0.4, -0.2) is 0 Å². The van der Waals surface area contributed by atoms with Crippen LogP contribution in [0.25, 0.3) is 0 Å². The van der Waals surface area contributed by atoms with E-state index in [9.17, 15) is 0 Å². The van der Waals surface area contributed by atoms with Crippen molar-refractivity contribution in [1.29, 1.82) is 0 Å². The Morgan fingerprint density at radius 1 is 1.00 bits per heavy atom. The Balaban J connectivity index is -0.00000000500. The molecule has 0 bridgehead atoms. The van der Waals surface area contributed by atoms with Gasteiger partial charge in [-0.25, -0.2) is 0 Å². The molecule has 0 aliphatic rings. The van der Waals surface area contributed by atoms with Gasteiger partial charge < -0.3 is 0 Å². The Morgan fingerprint density at radius 2 is 1.00 bits per heavy atom. The summed E-state index contributed by atoms with van der Waals surface area (Å²) in [7, 11) is 0. The third-order valence-electron chi connectivity index (χ3n) is 0. The molecule has 0 aliphatic carbocycles. The van der Waals surface area contributed by atoms with Crippen molar-refractivity contribution in [2.24, 2.45) is 0 Å². The van der Waals surface area contributed by atoms with E-state index >= 15 is 0 Å². The molecule has 4 heteroatoms. The molecule has 0 N–H and O–H groups in total. The monoisotopic (exact) mass is 111 g/mol. The Hall–Kier alpha value is 0.179. The standard InChI is InChI=1S/2FH.Mn.O/h2*1H;;. The predicted molar refractivity (Wildman–Crippen MR) is 5.69 cm³/mol. The van der Waals surface area contributed by atoms with Gasteiger partial charge in [-0.2, -0.15) is 0 Å². The maximum absolute atomic E-state index is 8.06. The molecule has 0 atom stereocenters. The van der Waals surface area contributed by atoms with Crippen molar-refractivity contribution in [3.8, 4) is 0 Å². The average molecular weight is 111 g/mol. The van der Waals surface area contributed by atoms with Gasteiger partial charge in [-0.1, -0.05) is 0 Å². The van der Waals surface area contributed by atoms with Crippen molar-refractivity contribution in [2.75, 3.05) is 0 Å². The molecule has 0 saturated heterocycles. The Morgan fingerprint density at radius 3 is 1.00 bits per heavy atom. The second-order valence-electron chi connectivity index (χ2n) is 0. The summed E-state index contributed by atoms with van der Waals surface area (Å²) in [5.74, 6) is 0. The first-order valence-electron chi connectivity index (χ1n) is 0.154. The molecule has 0 fully saturated rings. The first-order chi connectivity index (χ1) is 1.00. The van der Waals surface area contributed by atoms with E-state index in [-0.39, 0.29) is 9.41 Å². The summed E-state index contributed by atoms with van der Waals surface area (Å²) >= 11 is 1.69. The van der Waals surface area contributed by atoms with Crippen LogP contribution in [0.2, 0.25) is 0 Å². The van der Waals surface area contributed by atoms with Crippen LogP contribution >= 0.6 is 0 Å². The summed E-state index contributed by atoms with van der Waals surface area (Å²) in [4.78, 5) is 0. The molecule has 0 amide bonds. The van der Waals surface area contributed by atoms with E-state index in [2.05, 4.69) is 0 Å². The molecule has 0 aromatic heterocycles. The first-order valence-corrected chi connectivity index (χ1v) is 0.636. The van der Waals surface area contributed by atoms with Gasteiger partial charge in [-0.15, -0.1) is 0 Å². The Labute approximate surface area is 30.1 Å². The van der Waals surface area contributed by atoms with Gasteiger partial charge in [-0.3, -0.25) is 9.41 Å².